The number of benzene rings is 1. The van der Waals surface area contributed by atoms with E-state index in [-0.39, 0.29) is 11.4 Å². The number of anilines is 1. The second-order valence-electron chi connectivity index (χ2n) is 7.98. The maximum absolute atomic E-state index is 12.2. The van der Waals surface area contributed by atoms with E-state index in [4.69, 9.17) is 0 Å². The molecule has 2 saturated heterocycles. The molecule has 2 aliphatic heterocycles. The Bertz CT molecular complexity index is 885. The number of hydrogen-bond acceptors (Lipinski definition) is 4. The van der Waals surface area contributed by atoms with Crippen molar-refractivity contribution in [1.82, 2.24) is 20.4 Å². The van der Waals surface area contributed by atoms with E-state index in [0.717, 1.165) is 30.3 Å². The van der Waals surface area contributed by atoms with Gasteiger partial charge >= 0.3 is 6.03 Å². The summed E-state index contributed by atoms with van der Waals surface area (Å²) in [4.78, 5) is 25.1. The van der Waals surface area contributed by atoms with Gasteiger partial charge in [-0.3, -0.25) is 19.7 Å². The number of piperidine rings is 1. The van der Waals surface area contributed by atoms with Gasteiger partial charge < -0.3 is 5.32 Å². The van der Waals surface area contributed by atoms with Gasteiger partial charge in [0.15, 0.2) is 5.82 Å². The Morgan fingerprint density at radius 2 is 2.08 bits per heavy atom. The van der Waals surface area contributed by atoms with Crippen LogP contribution < -0.4 is 15.5 Å². The second kappa shape index (κ2) is 6.09. The number of aryl methyl sites for hydroxylation is 1. The minimum atomic E-state index is -0.398. The van der Waals surface area contributed by atoms with Crippen molar-refractivity contribution in [2.75, 3.05) is 18.0 Å². The van der Waals surface area contributed by atoms with Crippen molar-refractivity contribution in [3.05, 3.63) is 23.8 Å². The van der Waals surface area contributed by atoms with Crippen molar-refractivity contribution in [3.63, 3.8) is 0 Å². The summed E-state index contributed by atoms with van der Waals surface area (Å²) in [6, 6.07) is 6.02. The average Bonchev–Trinajstić information content (AvgIpc) is 2.90. The van der Waals surface area contributed by atoms with Crippen LogP contribution in [0.25, 0.3) is 10.9 Å². The quantitative estimate of drug-likeness (QED) is 0.866. The molecule has 4 rings (SSSR count). The molecule has 3 heterocycles. The fourth-order valence-electron chi connectivity index (χ4n) is 4.13. The van der Waals surface area contributed by atoms with Crippen molar-refractivity contribution in [3.8, 4) is 0 Å². The van der Waals surface area contributed by atoms with Crippen LogP contribution in [0.15, 0.2) is 18.2 Å². The van der Waals surface area contributed by atoms with Gasteiger partial charge in [-0.25, -0.2) is 4.79 Å². The first-order valence-electron chi connectivity index (χ1n) is 9.17. The van der Waals surface area contributed by atoms with Crippen LogP contribution in [0.5, 0.6) is 0 Å². The maximum Gasteiger partial charge on any atom is 0.329 e. The molecule has 1 aromatic carbocycles. The van der Waals surface area contributed by atoms with Crippen molar-refractivity contribution in [2.24, 2.45) is 7.05 Å². The third-order valence-electron chi connectivity index (χ3n) is 5.49. The lowest BCUT2D eigenvalue weighted by molar-refractivity contribution is -0.120. The Kier molecular flexibility index (Phi) is 3.99. The van der Waals surface area contributed by atoms with Gasteiger partial charge in [-0.05, 0) is 56.8 Å². The summed E-state index contributed by atoms with van der Waals surface area (Å²) in [5.41, 5.74) is 2.48. The largest absolute Gasteiger partial charge is 0.329 e. The van der Waals surface area contributed by atoms with Crippen LogP contribution in [0.1, 0.15) is 44.6 Å². The summed E-state index contributed by atoms with van der Waals surface area (Å²) < 4.78 is 1.82. The first-order valence-corrected chi connectivity index (χ1v) is 9.17. The molecule has 0 saturated carbocycles. The molecule has 1 aromatic heterocycles. The Labute approximate surface area is 152 Å². The third kappa shape index (κ3) is 2.96. The number of imide groups is 1. The van der Waals surface area contributed by atoms with Gasteiger partial charge in [0.25, 0.3) is 0 Å². The molecular weight excluding hydrogens is 330 g/mol. The minimum Gasteiger partial charge on any atom is -0.312 e. The topological polar surface area (TPSA) is 79.3 Å². The standard InChI is InChI=1S/C19H25N5O2/c1-19(2)11-13(6-8-20-19)12-4-5-14-15(10-12)23(3)22-17(14)24-9-7-16(25)21-18(24)26/h4-5,10,13,20H,6-9,11H2,1-3H3,(H,21,25,26). The molecule has 3 amide bonds. The SMILES string of the molecule is Cn1nc(N2CCC(=O)NC2=O)c2ccc(C3CCNC(C)(C)C3)cc21. The Balaban J connectivity index is 1.69. The monoisotopic (exact) mass is 355 g/mol. The van der Waals surface area contributed by atoms with E-state index in [0.29, 0.717) is 24.7 Å². The van der Waals surface area contributed by atoms with Gasteiger partial charge in [0.2, 0.25) is 5.91 Å². The number of carbonyl (C=O) groups is 2. The smallest absolute Gasteiger partial charge is 0.312 e. The molecule has 2 N–H and O–H groups in total. The number of urea groups is 1. The highest BCUT2D eigenvalue weighted by molar-refractivity contribution is 6.08. The summed E-state index contributed by atoms with van der Waals surface area (Å²) in [7, 11) is 1.90. The lowest BCUT2D eigenvalue weighted by Crippen LogP contribution is -2.49. The second-order valence-corrected chi connectivity index (χ2v) is 7.98. The molecule has 138 valence electrons. The molecule has 7 nitrogen and oxygen atoms in total. The summed E-state index contributed by atoms with van der Waals surface area (Å²) in [5.74, 6) is 0.900. The van der Waals surface area contributed by atoms with Crippen LogP contribution >= 0.6 is 0 Å². The van der Waals surface area contributed by atoms with E-state index in [1.165, 1.54) is 5.56 Å². The van der Waals surface area contributed by atoms with Crippen molar-refractivity contribution < 1.29 is 9.59 Å². The fraction of sp³-hybridized carbons (Fsp3) is 0.526. The van der Waals surface area contributed by atoms with E-state index in [1.807, 2.05) is 11.7 Å². The summed E-state index contributed by atoms with van der Waals surface area (Å²) >= 11 is 0. The van der Waals surface area contributed by atoms with Crippen molar-refractivity contribution in [2.45, 2.75) is 44.6 Å². The normalized spacial score (nSPS) is 23.3. The van der Waals surface area contributed by atoms with E-state index >= 15 is 0 Å². The van der Waals surface area contributed by atoms with E-state index in [1.54, 1.807) is 4.90 Å². The lowest BCUT2D eigenvalue weighted by atomic mass is 9.80. The number of nitrogens with one attached hydrogen (secondary N) is 2. The zero-order valence-electron chi connectivity index (χ0n) is 15.5. The van der Waals surface area contributed by atoms with E-state index < -0.39 is 6.03 Å². The van der Waals surface area contributed by atoms with Crippen LogP contribution in [0.3, 0.4) is 0 Å². The Morgan fingerprint density at radius 1 is 1.27 bits per heavy atom. The van der Waals surface area contributed by atoms with Gasteiger partial charge in [-0.1, -0.05) is 6.07 Å². The maximum atomic E-state index is 12.2. The molecule has 0 spiro atoms. The van der Waals surface area contributed by atoms with Crippen molar-refractivity contribution in [1.29, 1.82) is 0 Å². The molecule has 1 unspecified atom stereocenters. The van der Waals surface area contributed by atoms with E-state index in [9.17, 15) is 9.59 Å². The van der Waals surface area contributed by atoms with Gasteiger partial charge in [-0.2, -0.15) is 5.10 Å². The van der Waals surface area contributed by atoms with Gasteiger partial charge in [0, 0.05) is 30.9 Å². The number of amides is 3. The van der Waals surface area contributed by atoms with Crippen LogP contribution in [-0.2, 0) is 11.8 Å². The zero-order valence-corrected chi connectivity index (χ0v) is 15.5. The third-order valence-corrected chi connectivity index (χ3v) is 5.49. The molecule has 2 aromatic rings. The number of aromatic nitrogens is 2. The highest BCUT2D eigenvalue weighted by Gasteiger charge is 2.30. The summed E-state index contributed by atoms with van der Waals surface area (Å²) in [6.45, 7) is 5.88. The Hall–Kier alpha value is -2.41. The first-order chi connectivity index (χ1) is 12.3. The number of hydrogen-bond donors (Lipinski definition) is 2. The molecule has 0 aliphatic carbocycles. The molecule has 0 bridgehead atoms. The van der Waals surface area contributed by atoms with Crippen LogP contribution in [-0.4, -0.2) is 40.3 Å². The molecule has 2 aliphatic rings. The van der Waals surface area contributed by atoms with Crippen LogP contribution in [0, 0.1) is 0 Å². The highest BCUT2D eigenvalue weighted by atomic mass is 16.2. The predicted octanol–water partition coefficient (Wildman–Crippen LogP) is 2.27. The van der Waals surface area contributed by atoms with E-state index in [2.05, 4.69) is 47.8 Å². The van der Waals surface area contributed by atoms with Crippen LogP contribution in [0.2, 0.25) is 0 Å². The molecular formula is C19H25N5O2. The molecule has 0 radical (unpaired) electrons. The predicted molar refractivity (Wildman–Crippen MR) is 100 cm³/mol. The number of rotatable bonds is 2. The van der Waals surface area contributed by atoms with Crippen molar-refractivity contribution >= 4 is 28.7 Å². The fourth-order valence-corrected chi connectivity index (χ4v) is 4.13. The Morgan fingerprint density at radius 3 is 2.81 bits per heavy atom. The first kappa shape index (κ1) is 17.0. The lowest BCUT2D eigenvalue weighted by Gasteiger charge is -2.36. The summed E-state index contributed by atoms with van der Waals surface area (Å²) in [6.07, 6.45) is 2.52. The molecule has 26 heavy (non-hydrogen) atoms. The van der Waals surface area contributed by atoms with Crippen LogP contribution in [0.4, 0.5) is 10.6 Å². The van der Waals surface area contributed by atoms with Gasteiger partial charge in [0.1, 0.15) is 0 Å². The average molecular weight is 355 g/mol. The summed E-state index contributed by atoms with van der Waals surface area (Å²) in [5, 5.41) is 11.4. The number of fused-ring (bicyclic) bond motifs is 1. The number of carbonyl (C=O) groups excluding carboxylic acids is 2. The molecule has 7 heteroatoms. The minimum absolute atomic E-state index is 0.147. The molecule has 2 fully saturated rings. The highest BCUT2D eigenvalue weighted by Crippen LogP contribution is 2.35. The zero-order chi connectivity index (χ0) is 18.5. The van der Waals surface area contributed by atoms with Gasteiger partial charge in [0.05, 0.1) is 5.52 Å². The van der Waals surface area contributed by atoms with Gasteiger partial charge in [-0.15, -0.1) is 0 Å². The number of nitrogens with zero attached hydrogens (tertiary/aromatic N) is 3. The molecule has 1 atom stereocenters.